The largest absolute Gasteiger partial charge is 0.345 e. The first-order chi connectivity index (χ1) is 8.49. The average Bonchev–Trinajstić information content (AvgIpc) is 2.69. The standard InChI is InChI=1S/C12H14N4O2/c1-15(2)11(17)9-6-4-5-8(7-9)10-13-12(18)16(3)14-10/h4-7H,1-3H3,(H,13,14,18). The van der Waals surface area contributed by atoms with Crippen LogP contribution in [-0.2, 0) is 7.05 Å². The zero-order valence-corrected chi connectivity index (χ0v) is 10.5. The van der Waals surface area contributed by atoms with Crippen LogP contribution in [0, 0.1) is 0 Å². The minimum Gasteiger partial charge on any atom is -0.345 e. The van der Waals surface area contributed by atoms with Gasteiger partial charge in [-0.25, -0.2) is 9.48 Å². The summed E-state index contributed by atoms with van der Waals surface area (Å²) in [5, 5.41) is 4.05. The number of rotatable bonds is 2. The maximum Gasteiger partial charge on any atom is 0.343 e. The van der Waals surface area contributed by atoms with Crippen molar-refractivity contribution in [1.82, 2.24) is 19.7 Å². The molecule has 0 unspecified atom stereocenters. The van der Waals surface area contributed by atoms with E-state index in [0.29, 0.717) is 17.0 Å². The van der Waals surface area contributed by atoms with Gasteiger partial charge >= 0.3 is 5.69 Å². The van der Waals surface area contributed by atoms with Gasteiger partial charge < -0.3 is 4.90 Å². The number of nitrogens with one attached hydrogen (secondary N) is 1. The second-order valence-electron chi connectivity index (χ2n) is 4.18. The van der Waals surface area contributed by atoms with Crippen LogP contribution in [0.1, 0.15) is 10.4 Å². The quantitative estimate of drug-likeness (QED) is 0.837. The molecular formula is C12H14N4O2. The summed E-state index contributed by atoms with van der Waals surface area (Å²) in [7, 11) is 4.95. The molecule has 0 saturated heterocycles. The van der Waals surface area contributed by atoms with Gasteiger partial charge in [-0.15, -0.1) is 0 Å². The van der Waals surface area contributed by atoms with Crippen LogP contribution in [0.15, 0.2) is 29.1 Å². The molecule has 1 amide bonds. The Labute approximate surface area is 104 Å². The molecule has 1 aromatic carbocycles. The van der Waals surface area contributed by atoms with Crippen LogP contribution >= 0.6 is 0 Å². The Morgan fingerprint density at radius 2 is 2.11 bits per heavy atom. The van der Waals surface area contributed by atoms with Crippen molar-refractivity contribution in [2.24, 2.45) is 7.05 Å². The van der Waals surface area contributed by atoms with Crippen LogP contribution < -0.4 is 5.69 Å². The monoisotopic (exact) mass is 246 g/mol. The predicted octanol–water partition coefficient (Wildman–Crippen LogP) is 0.477. The van der Waals surface area contributed by atoms with Gasteiger partial charge in [0.05, 0.1) is 0 Å². The Balaban J connectivity index is 2.44. The fourth-order valence-electron chi connectivity index (χ4n) is 1.59. The molecule has 1 N–H and O–H groups in total. The van der Waals surface area contributed by atoms with Gasteiger partial charge in [-0.3, -0.25) is 9.78 Å². The number of aromatic nitrogens is 3. The minimum atomic E-state index is -0.283. The van der Waals surface area contributed by atoms with E-state index in [2.05, 4.69) is 10.1 Å². The van der Waals surface area contributed by atoms with E-state index in [1.807, 2.05) is 0 Å². The molecule has 0 spiro atoms. The van der Waals surface area contributed by atoms with Crippen molar-refractivity contribution >= 4 is 5.91 Å². The molecule has 6 heteroatoms. The first-order valence-electron chi connectivity index (χ1n) is 5.44. The zero-order valence-electron chi connectivity index (χ0n) is 10.5. The van der Waals surface area contributed by atoms with Gasteiger partial charge in [0.2, 0.25) is 0 Å². The second kappa shape index (κ2) is 4.48. The Morgan fingerprint density at radius 3 is 2.67 bits per heavy atom. The summed E-state index contributed by atoms with van der Waals surface area (Å²) in [6.07, 6.45) is 0. The minimum absolute atomic E-state index is 0.0878. The first kappa shape index (κ1) is 12.1. The molecule has 6 nitrogen and oxygen atoms in total. The van der Waals surface area contributed by atoms with Crippen molar-refractivity contribution in [3.8, 4) is 11.4 Å². The molecule has 2 rings (SSSR count). The summed E-state index contributed by atoms with van der Waals surface area (Å²) in [4.78, 5) is 27.3. The number of H-pyrrole nitrogens is 1. The molecule has 1 aromatic heterocycles. The molecule has 0 aliphatic rings. The van der Waals surface area contributed by atoms with Crippen LogP contribution in [0.25, 0.3) is 11.4 Å². The highest BCUT2D eigenvalue weighted by atomic mass is 16.2. The van der Waals surface area contributed by atoms with E-state index >= 15 is 0 Å². The lowest BCUT2D eigenvalue weighted by Crippen LogP contribution is -2.21. The highest BCUT2D eigenvalue weighted by Gasteiger charge is 2.10. The van der Waals surface area contributed by atoms with Gasteiger partial charge in [0, 0.05) is 32.3 Å². The van der Waals surface area contributed by atoms with E-state index in [-0.39, 0.29) is 11.6 Å². The van der Waals surface area contributed by atoms with Crippen molar-refractivity contribution in [3.63, 3.8) is 0 Å². The first-order valence-corrected chi connectivity index (χ1v) is 5.44. The number of aryl methyl sites for hydroxylation is 1. The highest BCUT2D eigenvalue weighted by Crippen LogP contribution is 2.15. The third kappa shape index (κ3) is 2.17. The molecule has 0 radical (unpaired) electrons. The Hall–Kier alpha value is -2.37. The summed E-state index contributed by atoms with van der Waals surface area (Å²) in [5.74, 6) is 0.367. The van der Waals surface area contributed by atoms with Crippen molar-refractivity contribution in [2.75, 3.05) is 14.1 Å². The number of hydrogen-bond acceptors (Lipinski definition) is 3. The smallest absolute Gasteiger partial charge is 0.343 e. The van der Waals surface area contributed by atoms with E-state index in [1.165, 1.54) is 9.58 Å². The van der Waals surface area contributed by atoms with Crippen molar-refractivity contribution < 1.29 is 4.79 Å². The predicted molar refractivity (Wildman–Crippen MR) is 67.3 cm³/mol. The lowest BCUT2D eigenvalue weighted by Gasteiger charge is -2.10. The van der Waals surface area contributed by atoms with E-state index < -0.39 is 0 Å². The van der Waals surface area contributed by atoms with Crippen LogP contribution in [0.4, 0.5) is 0 Å². The maximum absolute atomic E-state index is 11.8. The number of carbonyl (C=O) groups is 1. The Bertz CT molecular complexity index is 640. The number of aromatic amines is 1. The molecule has 2 aromatic rings. The normalized spacial score (nSPS) is 10.4. The fraction of sp³-hybridized carbons (Fsp3) is 0.250. The van der Waals surface area contributed by atoms with E-state index in [1.54, 1.807) is 45.4 Å². The molecule has 0 atom stereocenters. The number of amides is 1. The van der Waals surface area contributed by atoms with Gasteiger partial charge in [-0.1, -0.05) is 12.1 Å². The molecule has 18 heavy (non-hydrogen) atoms. The number of benzene rings is 1. The molecule has 0 aliphatic carbocycles. The third-order valence-electron chi connectivity index (χ3n) is 2.56. The van der Waals surface area contributed by atoms with Crippen LogP contribution in [-0.4, -0.2) is 39.7 Å². The Kier molecular flexibility index (Phi) is 3.01. The maximum atomic E-state index is 11.8. The van der Waals surface area contributed by atoms with Crippen molar-refractivity contribution in [2.45, 2.75) is 0 Å². The summed E-state index contributed by atoms with van der Waals surface area (Å²) in [6.45, 7) is 0. The van der Waals surface area contributed by atoms with E-state index in [4.69, 9.17) is 0 Å². The zero-order chi connectivity index (χ0) is 13.3. The average molecular weight is 246 g/mol. The summed E-state index contributed by atoms with van der Waals surface area (Å²) in [5.41, 5.74) is 0.985. The SMILES string of the molecule is CN(C)C(=O)c1cccc(-c2nn(C)c(=O)[nH]2)c1. The number of carbonyl (C=O) groups excluding carboxylic acids is 1. The van der Waals surface area contributed by atoms with Crippen molar-refractivity contribution in [3.05, 3.63) is 40.3 Å². The van der Waals surface area contributed by atoms with Gasteiger partial charge in [0.25, 0.3) is 5.91 Å². The topological polar surface area (TPSA) is 71.0 Å². The van der Waals surface area contributed by atoms with E-state index in [9.17, 15) is 9.59 Å². The van der Waals surface area contributed by atoms with Crippen LogP contribution in [0.2, 0.25) is 0 Å². The van der Waals surface area contributed by atoms with Gasteiger partial charge in [-0.2, -0.15) is 5.10 Å². The van der Waals surface area contributed by atoms with Crippen LogP contribution in [0.5, 0.6) is 0 Å². The molecule has 0 fully saturated rings. The molecule has 0 bridgehead atoms. The molecule has 1 heterocycles. The van der Waals surface area contributed by atoms with E-state index in [0.717, 1.165) is 0 Å². The van der Waals surface area contributed by atoms with Gasteiger partial charge in [0.1, 0.15) is 0 Å². The fourth-order valence-corrected chi connectivity index (χ4v) is 1.59. The van der Waals surface area contributed by atoms with Crippen molar-refractivity contribution in [1.29, 1.82) is 0 Å². The lowest BCUT2D eigenvalue weighted by atomic mass is 10.1. The van der Waals surface area contributed by atoms with Crippen LogP contribution in [0.3, 0.4) is 0 Å². The summed E-state index contributed by atoms with van der Waals surface area (Å²) < 4.78 is 1.22. The number of hydrogen-bond donors (Lipinski definition) is 1. The highest BCUT2D eigenvalue weighted by molar-refractivity contribution is 5.94. The van der Waals surface area contributed by atoms with Gasteiger partial charge in [0.15, 0.2) is 5.82 Å². The molecule has 0 aliphatic heterocycles. The number of nitrogens with zero attached hydrogens (tertiary/aromatic N) is 3. The summed E-state index contributed by atoms with van der Waals surface area (Å²) >= 11 is 0. The summed E-state index contributed by atoms with van der Waals surface area (Å²) in [6, 6.07) is 7.00. The Morgan fingerprint density at radius 1 is 1.39 bits per heavy atom. The lowest BCUT2D eigenvalue weighted by molar-refractivity contribution is 0.0827. The van der Waals surface area contributed by atoms with Gasteiger partial charge in [-0.05, 0) is 12.1 Å². The molecule has 94 valence electrons. The molecule has 0 saturated carbocycles. The molecular weight excluding hydrogens is 232 g/mol. The second-order valence-corrected chi connectivity index (χ2v) is 4.18. The third-order valence-corrected chi connectivity index (χ3v) is 2.56.